The molecule has 2 aliphatic carbocycles. The third kappa shape index (κ3) is 4.70. The van der Waals surface area contributed by atoms with E-state index in [1.807, 2.05) is 0 Å². The van der Waals surface area contributed by atoms with Crippen molar-refractivity contribution in [3.63, 3.8) is 0 Å². The fourth-order valence-corrected chi connectivity index (χ4v) is 3.91. The van der Waals surface area contributed by atoms with E-state index in [9.17, 15) is 4.79 Å². The molecule has 7 heteroatoms. The van der Waals surface area contributed by atoms with Crippen LogP contribution in [0.1, 0.15) is 82.3 Å². The number of nitrogens with two attached hydrogens (primary N) is 1. The minimum Gasteiger partial charge on any atom is -0.353 e. The molecular weight excluding hydrogens is 328 g/mol. The van der Waals surface area contributed by atoms with Crippen LogP contribution in [-0.2, 0) is 11.2 Å². The highest BCUT2D eigenvalue weighted by molar-refractivity contribution is 5.85. The van der Waals surface area contributed by atoms with Gasteiger partial charge in [0.2, 0.25) is 11.8 Å². The summed E-state index contributed by atoms with van der Waals surface area (Å²) in [5.41, 5.74) is 6.08. The Morgan fingerprint density at radius 2 is 1.96 bits per heavy atom. The van der Waals surface area contributed by atoms with E-state index in [0.717, 1.165) is 38.5 Å². The van der Waals surface area contributed by atoms with Crippen molar-refractivity contribution in [2.45, 2.75) is 88.6 Å². The molecule has 2 atom stereocenters. The maximum atomic E-state index is 12.1. The predicted octanol–water partition coefficient (Wildman–Crippen LogP) is 2.86. The summed E-state index contributed by atoms with van der Waals surface area (Å²) in [6.07, 6.45) is 10.3. The molecule has 3 rings (SSSR count). The number of amides is 1. The molecule has 0 bridgehead atoms. The zero-order chi connectivity index (χ0) is 16.3. The number of hydrogen-bond acceptors (Lipinski definition) is 5. The van der Waals surface area contributed by atoms with Gasteiger partial charge >= 0.3 is 0 Å². The Hall–Kier alpha value is -1.14. The van der Waals surface area contributed by atoms with Crippen LogP contribution in [0.3, 0.4) is 0 Å². The number of carbonyl (C=O) groups is 1. The number of nitrogens with zero attached hydrogens (tertiary/aromatic N) is 2. The first-order valence-corrected chi connectivity index (χ1v) is 8.95. The summed E-state index contributed by atoms with van der Waals surface area (Å²) >= 11 is 0. The first-order chi connectivity index (χ1) is 11.0. The van der Waals surface area contributed by atoms with Crippen LogP contribution in [0, 0.1) is 0 Å². The van der Waals surface area contributed by atoms with Gasteiger partial charge in [0.05, 0.1) is 12.3 Å². The first-order valence-electron chi connectivity index (χ1n) is 8.95. The Bertz CT molecular complexity index is 540. The van der Waals surface area contributed by atoms with Gasteiger partial charge in [0, 0.05) is 11.6 Å². The van der Waals surface area contributed by atoms with E-state index >= 15 is 0 Å². The summed E-state index contributed by atoms with van der Waals surface area (Å²) in [5.74, 6) is 1.15. The molecule has 0 radical (unpaired) electrons. The van der Waals surface area contributed by atoms with Crippen molar-refractivity contribution in [2.24, 2.45) is 5.73 Å². The molecule has 0 saturated heterocycles. The third-order valence-electron chi connectivity index (χ3n) is 5.33. The van der Waals surface area contributed by atoms with Gasteiger partial charge in [-0.05, 0) is 32.6 Å². The maximum absolute atomic E-state index is 12.1. The van der Waals surface area contributed by atoms with Gasteiger partial charge in [-0.15, -0.1) is 12.4 Å². The average Bonchev–Trinajstić information content (AvgIpc) is 2.95. The largest absolute Gasteiger partial charge is 0.353 e. The highest BCUT2D eigenvalue weighted by Gasteiger charge is 2.37. The fourth-order valence-electron chi connectivity index (χ4n) is 3.91. The molecule has 136 valence electrons. The maximum Gasteiger partial charge on any atom is 0.231 e. The van der Waals surface area contributed by atoms with Gasteiger partial charge < -0.3 is 15.6 Å². The van der Waals surface area contributed by atoms with E-state index in [2.05, 4.69) is 22.4 Å². The van der Waals surface area contributed by atoms with Gasteiger partial charge in [0.15, 0.2) is 5.82 Å². The zero-order valence-corrected chi connectivity index (χ0v) is 15.2. The molecule has 1 amide bonds. The van der Waals surface area contributed by atoms with Crippen LogP contribution in [0.5, 0.6) is 0 Å². The molecule has 2 fully saturated rings. The molecule has 6 nitrogen and oxygen atoms in total. The van der Waals surface area contributed by atoms with Crippen molar-refractivity contribution in [3.8, 4) is 0 Å². The van der Waals surface area contributed by atoms with Crippen molar-refractivity contribution >= 4 is 18.3 Å². The second-order valence-electron chi connectivity index (χ2n) is 7.43. The van der Waals surface area contributed by atoms with Crippen molar-refractivity contribution in [1.82, 2.24) is 15.5 Å². The number of hydrogen-bond donors (Lipinski definition) is 2. The van der Waals surface area contributed by atoms with Crippen LogP contribution in [0.25, 0.3) is 0 Å². The SMILES string of the molecule is CC1(N)CCCCC1c1nc(CC(=O)NC2CCCCC2)no1.Cl. The van der Waals surface area contributed by atoms with E-state index in [1.165, 1.54) is 19.3 Å². The van der Waals surface area contributed by atoms with Crippen LogP contribution in [0.2, 0.25) is 0 Å². The summed E-state index contributed by atoms with van der Waals surface area (Å²) < 4.78 is 5.41. The van der Waals surface area contributed by atoms with E-state index in [-0.39, 0.29) is 36.2 Å². The van der Waals surface area contributed by atoms with Crippen LogP contribution >= 0.6 is 12.4 Å². The van der Waals surface area contributed by atoms with E-state index in [1.54, 1.807) is 0 Å². The molecule has 2 aliphatic rings. The van der Waals surface area contributed by atoms with Crippen molar-refractivity contribution in [3.05, 3.63) is 11.7 Å². The second kappa shape index (κ2) is 8.30. The number of nitrogens with one attached hydrogen (secondary N) is 1. The fraction of sp³-hybridized carbons (Fsp3) is 0.824. The smallest absolute Gasteiger partial charge is 0.231 e. The summed E-state index contributed by atoms with van der Waals surface area (Å²) in [4.78, 5) is 16.6. The van der Waals surface area contributed by atoms with Gasteiger partial charge in [0.1, 0.15) is 0 Å². The molecule has 1 aromatic rings. The lowest BCUT2D eigenvalue weighted by Crippen LogP contribution is -2.44. The van der Waals surface area contributed by atoms with Crippen LogP contribution in [0.4, 0.5) is 0 Å². The lowest BCUT2D eigenvalue weighted by atomic mass is 9.74. The zero-order valence-electron chi connectivity index (χ0n) is 14.4. The normalized spacial score (nSPS) is 28.2. The molecule has 0 aliphatic heterocycles. The molecule has 2 unspecified atom stereocenters. The van der Waals surface area contributed by atoms with Gasteiger partial charge in [-0.2, -0.15) is 4.98 Å². The standard InChI is InChI=1S/C17H28N4O2.ClH/c1-17(18)10-6-5-9-13(17)16-20-14(21-23-16)11-15(22)19-12-7-3-2-4-8-12;/h12-13H,2-11,18H2,1H3,(H,19,22);1H. The highest BCUT2D eigenvalue weighted by atomic mass is 35.5. The molecule has 0 aromatic carbocycles. The summed E-state index contributed by atoms with van der Waals surface area (Å²) in [5, 5.41) is 7.07. The molecular formula is C17H29ClN4O2. The molecule has 1 aromatic heterocycles. The van der Waals surface area contributed by atoms with Gasteiger partial charge in [-0.25, -0.2) is 0 Å². The monoisotopic (exact) mass is 356 g/mol. The quantitative estimate of drug-likeness (QED) is 0.865. The number of carbonyl (C=O) groups excluding carboxylic acids is 1. The Balaban J connectivity index is 0.00000208. The predicted molar refractivity (Wildman–Crippen MR) is 94.1 cm³/mol. The summed E-state index contributed by atoms with van der Waals surface area (Å²) in [6.45, 7) is 2.05. The molecule has 1 heterocycles. The first kappa shape index (κ1) is 19.2. The summed E-state index contributed by atoms with van der Waals surface area (Å²) in [7, 11) is 0. The Kier molecular flexibility index (Phi) is 6.63. The van der Waals surface area contributed by atoms with E-state index in [0.29, 0.717) is 17.8 Å². The second-order valence-corrected chi connectivity index (χ2v) is 7.43. The Labute approximate surface area is 149 Å². The number of aromatic nitrogens is 2. The van der Waals surface area contributed by atoms with Crippen molar-refractivity contribution < 1.29 is 9.32 Å². The molecule has 24 heavy (non-hydrogen) atoms. The van der Waals surface area contributed by atoms with E-state index in [4.69, 9.17) is 10.3 Å². The molecule has 3 N–H and O–H groups in total. The summed E-state index contributed by atoms with van der Waals surface area (Å²) in [6, 6.07) is 0.313. The van der Waals surface area contributed by atoms with Crippen LogP contribution in [-0.4, -0.2) is 27.6 Å². The highest BCUT2D eigenvalue weighted by Crippen LogP contribution is 2.38. The van der Waals surface area contributed by atoms with Crippen LogP contribution < -0.4 is 11.1 Å². The molecule has 2 saturated carbocycles. The average molecular weight is 357 g/mol. The minimum atomic E-state index is -0.299. The number of halogens is 1. The van der Waals surface area contributed by atoms with Gasteiger partial charge in [0.25, 0.3) is 0 Å². The van der Waals surface area contributed by atoms with Crippen molar-refractivity contribution in [1.29, 1.82) is 0 Å². The molecule has 0 spiro atoms. The lowest BCUT2D eigenvalue weighted by molar-refractivity contribution is -0.121. The Morgan fingerprint density at radius 1 is 1.25 bits per heavy atom. The minimum absolute atomic E-state index is 0. The lowest BCUT2D eigenvalue weighted by Gasteiger charge is -2.35. The van der Waals surface area contributed by atoms with Crippen LogP contribution in [0.15, 0.2) is 4.52 Å². The third-order valence-corrected chi connectivity index (χ3v) is 5.33. The van der Waals surface area contributed by atoms with Gasteiger partial charge in [-0.1, -0.05) is 37.3 Å². The van der Waals surface area contributed by atoms with E-state index < -0.39 is 0 Å². The topological polar surface area (TPSA) is 94.0 Å². The Morgan fingerprint density at radius 3 is 2.67 bits per heavy atom. The number of rotatable bonds is 4. The van der Waals surface area contributed by atoms with Gasteiger partial charge in [-0.3, -0.25) is 4.79 Å². The van der Waals surface area contributed by atoms with Crippen molar-refractivity contribution in [2.75, 3.05) is 0 Å².